The number of rotatable bonds is 3. The van der Waals surface area contributed by atoms with Gasteiger partial charge in [0.1, 0.15) is 5.65 Å². The molecule has 0 atom stereocenters. The maximum absolute atomic E-state index is 12.8. The zero-order chi connectivity index (χ0) is 17.2. The Balaban J connectivity index is 1.67. The van der Waals surface area contributed by atoms with Crippen molar-refractivity contribution in [2.45, 2.75) is 45.6 Å². The number of nitrogens with one attached hydrogen (secondary N) is 1. The number of aryl methyl sites for hydroxylation is 1. The van der Waals surface area contributed by atoms with Crippen LogP contribution in [0.1, 0.15) is 48.2 Å². The van der Waals surface area contributed by atoms with Crippen molar-refractivity contribution in [3.8, 4) is 0 Å². The van der Waals surface area contributed by atoms with Gasteiger partial charge in [0, 0.05) is 35.4 Å². The van der Waals surface area contributed by atoms with E-state index in [1.807, 2.05) is 6.07 Å². The fraction of sp³-hybridized carbons (Fsp3) is 0.421. The number of aromatic nitrogens is 3. The first-order chi connectivity index (χ1) is 12.2. The topological polar surface area (TPSA) is 63.0 Å². The molecule has 0 bridgehead atoms. The van der Waals surface area contributed by atoms with Crippen molar-refractivity contribution < 1.29 is 4.79 Å². The van der Waals surface area contributed by atoms with E-state index in [0.717, 1.165) is 22.4 Å². The van der Waals surface area contributed by atoms with Gasteiger partial charge < -0.3 is 9.55 Å². The Morgan fingerprint density at radius 1 is 1.36 bits per heavy atom. The summed E-state index contributed by atoms with van der Waals surface area (Å²) in [6.45, 7) is 3.07. The summed E-state index contributed by atoms with van der Waals surface area (Å²) >= 11 is 1.55. The number of carbonyl (C=O) groups excluding carboxylic acids is 1. The molecular weight excluding hydrogens is 332 g/mol. The lowest BCUT2D eigenvalue weighted by Crippen LogP contribution is -2.24. The molecule has 0 saturated heterocycles. The lowest BCUT2D eigenvalue weighted by molar-refractivity contribution is 0.0999. The maximum Gasteiger partial charge on any atom is 0.280 e. The summed E-state index contributed by atoms with van der Waals surface area (Å²) in [5.41, 5.74) is 2.50. The highest BCUT2D eigenvalue weighted by atomic mass is 32.1. The summed E-state index contributed by atoms with van der Waals surface area (Å²) in [6.07, 6.45) is 10.0. The minimum atomic E-state index is -0.203. The van der Waals surface area contributed by atoms with Gasteiger partial charge in [-0.25, -0.2) is 4.98 Å². The minimum Gasteiger partial charge on any atom is -0.346 e. The molecule has 6 heteroatoms. The molecule has 130 valence electrons. The molecule has 1 N–H and O–H groups in total. The van der Waals surface area contributed by atoms with Crippen molar-refractivity contribution in [2.75, 3.05) is 0 Å². The monoisotopic (exact) mass is 354 g/mol. The number of H-pyrrole nitrogens is 1. The highest BCUT2D eigenvalue weighted by Crippen LogP contribution is 2.25. The van der Waals surface area contributed by atoms with E-state index in [2.05, 4.69) is 31.8 Å². The van der Waals surface area contributed by atoms with E-state index < -0.39 is 0 Å². The quantitative estimate of drug-likeness (QED) is 0.771. The van der Waals surface area contributed by atoms with Crippen molar-refractivity contribution in [2.24, 2.45) is 10.9 Å². The number of hydrogen-bond acceptors (Lipinski definition) is 3. The smallest absolute Gasteiger partial charge is 0.280 e. The number of amides is 1. The van der Waals surface area contributed by atoms with Crippen molar-refractivity contribution in [3.63, 3.8) is 0 Å². The molecule has 25 heavy (non-hydrogen) atoms. The molecule has 1 fully saturated rings. The molecule has 3 aromatic rings. The molecule has 0 aliphatic heterocycles. The third kappa shape index (κ3) is 3.31. The van der Waals surface area contributed by atoms with Crippen LogP contribution >= 0.6 is 11.3 Å². The molecule has 0 aromatic carbocycles. The number of pyridine rings is 1. The first kappa shape index (κ1) is 16.3. The van der Waals surface area contributed by atoms with E-state index in [-0.39, 0.29) is 5.91 Å². The van der Waals surface area contributed by atoms with Crippen molar-refractivity contribution in [3.05, 3.63) is 46.0 Å². The van der Waals surface area contributed by atoms with Crippen molar-refractivity contribution in [1.82, 2.24) is 14.5 Å². The number of nitrogens with zero attached hydrogens (tertiary/aromatic N) is 3. The normalized spacial score (nSPS) is 16.6. The Morgan fingerprint density at radius 3 is 3.04 bits per heavy atom. The Labute approximate surface area is 150 Å². The van der Waals surface area contributed by atoms with Crippen LogP contribution in [-0.4, -0.2) is 20.4 Å². The number of aromatic amines is 1. The summed E-state index contributed by atoms with van der Waals surface area (Å²) in [4.78, 5) is 25.3. The fourth-order valence-electron chi connectivity index (χ4n) is 3.65. The first-order valence-electron chi connectivity index (χ1n) is 8.88. The number of hydrogen-bond donors (Lipinski definition) is 1. The van der Waals surface area contributed by atoms with Crippen LogP contribution in [0.15, 0.2) is 34.9 Å². The largest absolute Gasteiger partial charge is 0.346 e. The molecule has 0 radical (unpaired) electrons. The second-order valence-corrected chi connectivity index (χ2v) is 7.63. The van der Waals surface area contributed by atoms with Crippen molar-refractivity contribution in [1.29, 1.82) is 0 Å². The van der Waals surface area contributed by atoms with Crippen LogP contribution in [0.5, 0.6) is 0 Å². The number of carbonyl (C=O) groups is 1. The highest BCUT2D eigenvalue weighted by Gasteiger charge is 2.16. The van der Waals surface area contributed by atoms with Crippen LogP contribution in [0.3, 0.4) is 0 Å². The Bertz CT molecular complexity index is 959. The summed E-state index contributed by atoms with van der Waals surface area (Å²) in [6, 6.07) is 3.62. The predicted molar refractivity (Wildman–Crippen MR) is 99.6 cm³/mol. The fourth-order valence-corrected chi connectivity index (χ4v) is 4.53. The molecule has 4 rings (SSSR count). The van der Waals surface area contributed by atoms with E-state index in [4.69, 9.17) is 0 Å². The second-order valence-electron chi connectivity index (χ2n) is 6.79. The van der Waals surface area contributed by atoms with Gasteiger partial charge in [-0.3, -0.25) is 4.79 Å². The molecule has 1 aliphatic carbocycles. The van der Waals surface area contributed by atoms with Crippen LogP contribution in [0.4, 0.5) is 0 Å². The van der Waals surface area contributed by atoms with Crippen LogP contribution in [0, 0.1) is 12.8 Å². The summed E-state index contributed by atoms with van der Waals surface area (Å²) < 4.78 is 2.22. The van der Waals surface area contributed by atoms with Gasteiger partial charge in [0.15, 0.2) is 4.80 Å². The molecule has 1 amide bonds. The van der Waals surface area contributed by atoms with Gasteiger partial charge in [-0.1, -0.05) is 19.3 Å². The zero-order valence-electron chi connectivity index (χ0n) is 14.4. The van der Waals surface area contributed by atoms with Crippen molar-refractivity contribution >= 4 is 28.3 Å². The van der Waals surface area contributed by atoms with Gasteiger partial charge in [0.25, 0.3) is 5.91 Å². The van der Waals surface area contributed by atoms with Gasteiger partial charge in [-0.05, 0) is 37.8 Å². The third-order valence-electron chi connectivity index (χ3n) is 5.04. The van der Waals surface area contributed by atoms with E-state index in [9.17, 15) is 4.79 Å². The van der Waals surface area contributed by atoms with Crippen LogP contribution in [0.25, 0.3) is 11.0 Å². The van der Waals surface area contributed by atoms with E-state index in [0.29, 0.717) is 11.5 Å². The van der Waals surface area contributed by atoms with Gasteiger partial charge in [0.2, 0.25) is 0 Å². The summed E-state index contributed by atoms with van der Waals surface area (Å²) in [7, 11) is 0. The first-order valence-corrected chi connectivity index (χ1v) is 9.76. The minimum absolute atomic E-state index is 0.203. The second kappa shape index (κ2) is 6.96. The lowest BCUT2D eigenvalue weighted by atomic mass is 9.89. The van der Waals surface area contributed by atoms with E-state index in [1.165, 1.54) is 37.8 Å². The summed E-state index contributed by atoms with van der Waals surface area (Å²) in [5.74, 6) is 0.500. The Morgan fingerprint density at radius 2 is 2.20 bits per heavy atom. The predicted octanol–water partition coefficient (Wildman–Crippen LogP) is 4.06. The Hall–Kier alpha value is -2.21. The number of fused-ring (bicyclic) bond motifs is 1. The van der Waals surface area contributed by atoms with Gasteiger partial charge in [-0.15, -0.1) is 11.3 Å². The molecule has 3 aromatic heterocycles. The van der Waals surface area contributed by atoms with Crippen LogP contribution in [-0.2, 0) is 6.54 Å². The third-order valence-corrected chi connectivity index (χ3v) is 6.03. The molecule has 1 saturated carbocycles. The van der Waals surface area contributed by atoms with E-state index in [1.54, 1.807) is 29.8 Å². The van der Waals surface area contributed by atoms with Crippen LogP contribution < -0.4 is 4.80 Å². The zero-order valence-corrected chi connectivity index (χ0v) is 15.2. The molecule has 1 aliphatic rings. The van der Waals surface area contributed by atoms with Gasteiger partial charge in [0.05, 0.1) is 5.56 Å². The molecule has 3 heterocycles. The summed E-state index contributed by atoms with van der Waals surface area (Å²) in [5, 5.41) is 2.91. The number of thiazole rings is 1. The molecule has 0 spiro atoms. The average Bonchev–Trinajstić information content (AvgIpc) is 3.24. The Kier molecular flexibility index (Phi) is 4.53. The van der Waals surface area contributed by atoms with E-state index >= 15 is 0 Å². The van der Waals surface area contributed by atoms with Gasteiger partial charge in [-0.2, -0.15) is 4.99 Å². The van der Waals surface area contributed by atoms with Gasteiger partial charge >= 0.3 is 0 Å². The lowest BCUT2D eigenvalue weighted by Gasteiger charge is -2.22. The highest BCUT2D eigenvalue weighted by molar-refractivity contribution is 7.07. The molecule has 0 unspecified atom stereocenters. The molecular formula is C19H22N4OS. The standard InChI is InChI=1S/C19H22N4OS/c1-13-12-25-19(23(13)11-14-5-3-2-4-6-14)22-18(24)16-8-10-21-17-15(16)7-9-20-17/h7-10,12,14H,2-6,11H2,1H3,(H,20,21). The maximum atomic E-state index is 12.8. The van der Waals surface area contributed by atoms with Crippen LogP contribution in [0.2, 0.25) is 0 Å². The average molecular weight is 354 g/mol. The SMILES string of the molecule is Cc1csc(=NC(=O)c2ccnc3[nH]ccc23)n1CC1CCCCC1. The molecule has 5 nitrogen and oxygen atoms in total.